The van der Waals surface area contributed by atoms with Crippen LogP contribution in [0.4, 0.5) is 4.53 Å². The summed E-state index contributed by atoms with van der Waals surface area (Å²) < 4.78 is 21.4. The fraction of sp³-hybridized carbons (Fsp3) is 0. The van der Waals surface area contributed by atoms with Crippen LogP contribution in [0.5, 0.6) is 0 Å². The summed E-state index contributed by atoms with van der Waals surface area (Å²) in [6, 6.07) is 0. The Labute approximate surface area is 59.3 Å². The number of hydrogen-bond donors (Lipinski definition) is 2. The van der Waals surface area contributed by atoms with Gasteiger partial charge in [0.15, 0.2) is 0 Å². The van der Waals surface area contributed by atoms with E-state index in [0.29, 0.717) is 0 Å². The van der Waals surface area contributed by atoms with Crippen molar-refractivity contribution in [2.24, 2.45) is 0 Å². The van der Waals surface area contributed by atoms with E-state index in [9.17, 15) is 4.53 Å². The van der Waals surface area contributed by atoms with Crippen molar-refractivity contribution in [3.05, 3.63) is 0 Å². The quantitative estimate of drug-likeness (QED) is 0.329. The van der Waals surface area contributed by atoms with E-state index >= 15 is 0 Å². The topological polar surface area (TPSA) is 66.8 Å². The predicted molar refractivity (Wildman–Crippen MR) is 31.3 cm³/mol. The molecule has 8 heteroatoms. The van der Waals surface area contributed by atoms with Crippen LogP contribution in [0, 0.1) is 0 Å². The van der Waals surface area contributed by atoms with Crippen LogP contribution in [-0.4, -0.2) is 37.1 Å². The van der Waals surface area contributed by atoms with Crippen molar-refractivity contribution in [2.45, 2.75) is 0 Å². The second kappa shape index (κ2) is 5.83. The molecular weight excluding hydrogens is 132 g/mol. The molecule has 0 unspecified atom stereocenters. The van der Waals surface area contributed by atoms with Crippen molar-refractivity contribution in [3.63, 3.8) is 0 Å². The van der Waals surface area contributed by atoms with Crippen molar-refractivity contribution in [1.29, 1.82) is 0 Å². The molecular formula is H6BFLiO4P. The van der Waals surface area contributed by atoms with Crippen LogP contribution in [0.25, 0.3) is 0 Å². The number of phosphoric acid groups is 1. The Kier molecular flexibility index (Phi) is 11.6. The van der Waals surface area contributed by atoms with Crippen molar-refractivity contribution in [3.8, 4) is 0 Å². The molecule has 0 atom stereocenters. The van der Waals surface area contributed by atoms with Crippen molar-refractivity contribution in [1.82, 2.24) is 0 Å². The summed E-state index contributed by atoms with van der Waals surface area (Å²) in [6.07, 6.45) is 0. The zero-order valence-corrected chi connectivity index (χ0v) is 3.43. The Bertz CT molecular complexity index is 80.1. The average Bonchev–Trinajstić information content (AvgIpc) is 1.35. The molecule has 0 saturated carbocycles. The molecule has 0 aliphatic rings. The zero-order chi connectivity index (χ0) is 5.21. The normalized spacial score (nSPS) is 8.88. The minimum atomic E-state index is -4.81. The van der Waals surface area contributed by atoms with Gasteiger partial charge in [-0.1, -0.05) is 4.73 Å². The Morgan fingerprint density at radius 1 is 1.50 bits per heavy atom. The predicted octanol–water partition coefficient (Wildman–Crippen LogP) is -1.85. The molecule has 0 bridgehead atoms. The Morgan fingerprint density at radius 3 is 1.62 bits per heavy atom. The number of rotatable bonds is 1. The standard InChI is InChI=1S/BH3.FH2O4P.Li.H/c;1-5-6(2,3)4;;/h1H3;(H2,2,3,4);;. The first-order valence-corrected chi connectivity index (χ1v) is 2.45. The second-order valence-electron chi connectivity index (χ2n) is 0.560. The van der Waals surface area contributed by atoms with Gasteiger partial charge in [0, 0.05) is 0 Å². The SMILES string of the molecule is B.O=P(O)(O)OF.[LiH]. The summed E-state index contributed by atoms with van der Waals surface area (Å²) in [5, 5.41) is 0. The first kappa shape index (κ1) is 15.9. The van der Waals surface area contributed by atoms with Crippen molar-refractivity contribution in [2.75, 3.05) is 0 Å². The van der Waals surface area contributed by atoms with Gasteiger partial charge in [-0.15, -0.1) is 0 Å². The van der Waals surface area contributed by atoms with Crippen LogP contribution in [0.15, 0.2) is 0 Å². The van der Waals surface area contributed by atoms with E-state index in [1.165, 1.54) is 0 Å². The first-order valence-electron chi connectivity index (χ1n) is 0.919. The molecule has 0 aromatic carbocycles. The van der Waals surface area contributed by atoms with Crippen LogP contribution in [0.1, 0.15) is 0 Å². The summed E-state index contributed by atoms with van der Waals surface area (Å²) in [7, 11) is -4.81. The molecule has 4 nitrogen and oxygen atoms in total. The average molecular weight is 138 g/mol. The van der Waals surface area contributed by atoms with Gasteiger partial charge in [-0.3, -0.25) is 0 Å². The molecule has 0 aromatic heterocycles. The van der Waals surface area contributed by atoms with E-state index < -0.39 is 7.82 Å². The summed E-state index contributed by atoms with van der Waals surface area (Å²) in [5.74, 6) is 0. The summed E-state index contributed by atoms with van der Waals surface area (Å²) in [5.41, 5.74) is 0. The van der Waals surface area contributed by atoms with Gasteiger partial charge in [-0.05, 0) is 4.53 Å². The molecule has 0 aliphatic heterocycles. The van der Waals surface area contributed by atoms with E-state index in [4.69, 9.17) is 14.4 Å². The third-order valence-electron chi connectivity index (χ3n) is 0.0899. The summed E-state index contributed by atoms with van der Waals surface area (Å²) in [6.45, 7) is 0. The van der Waals surface area contributed by atoms with E-state index in [2.05, 4.69) is 4.73 Å². The molecule has 46 valence electrons. The van der Waals surface area contributed by atoms with Gasteiger partial charge >= 0.3 is 26.7 Å². The summed E-state index contributed by atoms with van der Waals surface area (Å²) in [4.78, 5) is 14.7. The molecule has 2 N–H and O–H groups in total. The van der Waals surface area contributed by atoms with Crippen molar-refractivity contribution >= 4 is 35.1 Å². The van der Waals surface area contributed by atoms with Gasteiger partial charge in [0.05, 0.1) is 8.41 Å². The molecule has 0 aliphatic carbocycles. The fourth-order valence-electron chi connectivity index (χ4n) is 0. The second-order valence-corrected chi connectivity index (χ2v) is 1.68. The van der Waals surface area contributed by atoms with E-state index in [-0.39, 0.29) is 27.3 Å². The minimum absolute atomic E-state index is 0. The molecule has 0 saturated heterocycles. The van der Waals surface area contributed by atoms with Crippen LogP contribution in [-0.2, 0) is 9.29 Å². The molecule has 0 radical (unpaired) electrons. The molecule has 0 rings (SSSR count). The Balaban J connectivity index is -0.000000125. The molecule has 0 aromatic rings. The molecule has 0 heterocycles. The van der Waals surface area contributed by atoms with E-state index in [1.54, 1.807) is 0 Å². The van der Waals surface area contributed by atoms with E-state index in [1.807, 2.05) is 0 Å². The third kappa shape index (κ3) is 15.9. The van der Waals surface area contributed by atoms with Gasteiger partial charge in [-0.2, -0.15) is 0 Å². The monoisotopic (exact) mass is 138 g/mol. The summed E-state index contributed by atoms with van der Waals surface area (Å²) >= 11 is 0. The first-order chi connectivity index (χ1) is 2.56. The van der Waals surface area contributed by atoms with Crippen LogP contribution in [0.2, 0.25) is 0 Å². The maximum atomic E-state index is 10.2. The van der Waals surface area contributed by atoms with Gasteiger partial charge in [0.2, 0.25) is 0 Å². The molecule has 0 amide bonds. The van der Waals surface area contributed by atoms with Crippen LogP contribution >= 0.6 is 7.82 Å². The van der Waals surface area contributed by atoms with Crippen LogP contribution in [0.3, 0.4) is 0 Å². The number of halogens is 1. The Hall–Kier alpha value is 0.702. The number of hydrogen-bond acceptors (Lipinski definition) is 2. The van der Waals surface area contributed by atoms with Gasteiger partial charge in [0.25, 0.3) is 0 Å². The Morgan fingerprint density at radius 2 is 1.62 bits per heavy atom. The third-order valence-corrected chi connectivity index (χ3v) is 0.270. The fourth-order valence-corrected chi connectivity index (χ4v) is 0. The molecule has 0 fully saturated rings. The van der Waals surface area contributed by atoms with Gasteiger partial charge in [-0.25, -0.2) is 4.57 Å². The molecule has 8 heavy (non-hydrogen) atoms. The van der Waals surface area contributed by atoms with Crippen molar-refractivity contribution < 1.29 is 23.6 Å². The van der Waals surface area contributed by atoms with E-state index in [0.717, 1.165) is 0 Å². The molecule has 0 spiro atoms. The maximum absolute atomic E-state index is 10.2. The van der Waals surface area contributed by atoms with Gasteiger partial charge < -0.3 is 9.79 Å². The zero-order valence-electron chi connectivity index (χ0n) is 2.54. The van der Waals surface area contributed by atoms with Crippen LogP contribution < -0.4 is 0 Å². The van der Waals surface area contributed by atoms with Gasteiger partial charge in [0.1, 0.15) is 0 Å².